The Morgan fingerprint density at radius 3 is 2.76 bits per heavy atom. The minimum atomic E-state index is -0.902. The molecule has 0 fully saturated rings. The number of carbonyl (C=O) groups is 1. The van der Waals surface area contributed by atoms with Gasteiger partial charge in [-0.3, -0.25) is 9.59 Å². The predicted octanol–water partition coefficient (Wildman–Crippen LogP) is 4.03. The number of fused-ring (bicyclic) bond motifs is 1. The summed E-state index contributed by atoms with van der Waals surface area (Å²) in [5.74, 6) is -2.16. The van der Waals surface area contributed by atoms with Crippen LogP contribution in [-0.4, -0.2) is 15.9 Å². The van der Waals surface area contributed by atoms with Crippen molar-refractivity contribution in [1.82, 2.24) is 9.97 Å². The number of thiazole rings is 1. The highest BCUT2D eigenvalue weighted by atomic mass is 32.1. The molecular formula is C21H15F2N3O2S. The number of rotatable bonds is 5. The maximum atomic E-state index is 13.3. The summed E-state index contributed by atoms with van der Waals surface area (Å²) in [5.41, 5.74) is 1.37. The van der Waals surface area contributed by atoms with Crippen LogP contribution in [0.2, 0.25) is 0 Å². The number of hydrogen-bond donors (Lipinski definition) is 2. The number of anilines is 1. The van der Waals surface area contributed by atoms with Gasteiger partial charge in [0.2, 0.25) is 5.91 Å². The molecule has 0 aliphatic rings. The van der Waals surface area contributed by atoms with E-state index in [0.29, 0.717) is 28.2 Å². The third kappa shape index (κ3) is 4.38. The average Bonchev–Trinajstić information content (AvgIpc) is 3.12. The van der Waals surface area contributed by atoms with Crippen LogP contribution in [-0.2, 0) is 17.6 Å². The number of nitrogens with one attached hydrogen (secondary N) is 2. The van der Waals surface area contributed by atoms with Gasteiger partial charge in [0, 0.05) is 28.6 Å². The molecule has 8 heteroatoms. The van der Waals surface area contributed by atoms with Gasteiger partial charge in [0.15, 0.2) is 16.8 Å². The second-order valence-corrected chi connectivity index (χ2v) is 7.61. The second kappa shape index (κ2) is 7.92. The van der Waals surface area contributed by atoms with Crippen molar-refractivity contribution in [1.29, 1.82) is 0 Å². The van der Waals surface area contributed by atoms with Crippen LogP contribution < -0.4 is 10.9 Å². The van der Waals surface area contributed by atoms with E-state index >= 15 is 0 Å². The van der Waals surface area contributed by atoms with Crippen molar-refractivity contribution < 1.29 is 13.6 Å². The molecule has 0 atom stereocenters. The van der Waals surface area contributed by atoms with Gasteiger partial charge < -0.3 is 10.3 Å². The van der Waals surface area contributed by atoms with Crippen molar-refractivity contribution in [3.63, 3.8) is 0 Å². The Morgan fingerprint density at radius 1 is 1.10 bits per heavy atom. The Hall–Kier alpha value is -3.39. The van der Waals surface area contributed by atoms with E-state index in [2.05, 4.69) is 15.3 Å². The van der Waals surface area contributed by atoms with Gasteiger partial charge in [-0.2, -0.15) is 0 Å². The van der Waals surface area contributed by atoms with Crippen molar-refractivity contribution in [3.05, 3.63) is 92.7 Å². The summed E-state index contributed by atoms with van der Waals surface area (Å²) in [5, 5.41) is 3.90. The summed E-state index contributed by atoms with van der Waals surface area (Å²) in [4.78, 5) is 32.2. The first-order valence-corrected chi connectivity index (χ1v) is 9.59. The van der Waals surface area contributed by atoms with E-state index < -0.39 is 11.6 Å². The fourth-order valence-corrected chi connectivity index (χ4v) is 3.82. The van der Waals surface area contributed by atoms with Crippen LogP contribution in [0.1, 0.15) is 16.0 Å². The molecule has 2 heterocycles. The molecule has 0 aliphatic heterocycles. The number of nitrogens with zero attached hydrogens (tertiary/aromatic N) is 1. The number of carbonyl (C=O) groups excluding carboxylic acids is 1. The van der Waals surface area contributed by atoms with Gasteiger partial charge in [-0.1, -0.05) is 24.3 Å². The van der Waals surface area contributed by atoms with Gasteiger partial charge in [-0.25, -0.2) is 13.8 Å². The van der Waals surface area contributed by atoms with Crippen LogP contribution in [0.4, 0.5) is 13.9 Å². The molecule has 1 amide bonds. The minimum absolute atomic E-state index is 0.0851. The van der Waals surface area contributed by atoms with Crippen molar-refractivity contribution in [2.24, 2.45) is 0 Å². The molecular weight excluding hydrogens is 396 g/mol. The standard InChI is InChI=1S/C21H15F2N3O2S/c22-16-6-5-12(8-17(16)23)7-15-11-24-21(29-15)26-19(27)10-14-9-13-3-1-2-4-18(13)25-20(14)28/h1-6,8-9,11H,7,10H2,(H,25,28)(H,24,26,27). The number of halogens is 2. The molecule has 2 N–H and O–H groups in total. The quantitative estimate of drug-likeness (QED) is 0.521. The number of aromatic nitrogens is 2. The molecule has 0 saturated heterocycles. The highest BCUT2D eigenvalue weighted by molar-refractivity contribution is 7.15. The molecule has 0 radical (unpaired) electrons. The van der Waals surface area contributed by atoms with E-state index in [1.807, 2.05) is 18.2 Å². The third-order valence-electron chi connectivity index (χ3n) is 4.34. The second-order valence-electron chi connectivity index (χ2n) is 6.49. The highest BCUT2D eigenvalue weighted by Crippen LogP contribution is 2.22. The summed E-state index contributed by atoms with van der Waals surface area (Å²) < 4.78 is 26.3. The molecule has 4 aromatic rings. The first-order valence-electron chi connectivity index (χ1n) is 8.77. The van der Waals surface area contributed by atoms with Crippen LogP contribution in [0, 0.1) is 11.6 Å². The largest absolute Gasteiger partial charge is 0.322 e. The molecule has 5 nitrogen and oxygen atoms in total. The Balaban J connectivity index is 1.43. The van der Waals surface area contributed by atoms with Crippen molar-refractivity contribution in [3.8, 4) is 0 Å². The lowest BCUT2D eigenvalue weighted by atomic mass is 10.1. The van der Waals surface area contributed by atoms with E-state index in [1.54, 1.807) is 18.3 Å². The summed E-state index contributed by atoms with van der Waals surface area (Å²) >= 11 is 1.24. The van der Waals surface area contributed by atoms with Crippen molar-refractivity contribution >= 4 is 33.3 Å². The fourth-order valence-electron chi connectivity index (χ4n) is 2.96. The molecule has 146 valence electrons. The van der Waals surface area contributed by atoms with E-state index in [0.717, 1.165) is 22.4 Å². The van der Waals surface area contributed by atoms with Crippen LogP contribution in [0.3, 0.4) is 0 Å². The average molecular weight is 411 g/mol. The lowest BCUT2D eigenvalue weighted by Gasteiger charge is -2.04. The number of aromatic amines is 1. The number of benzene rings is 2. The van der Waals surface area contributed by atoms with E-state index in [1.165, 1.54) is 17.4 Å². The zero-order chi connectivity index (χ0) is 20.4. The third-order valence-corrected chi connectivity index (χ3v) is 5.26. The molecule has 0 spiro atoms. The number of amides is 1. The molecule has 2 aromatic carbocycles. The van der Waals surface area contributed by atoms with Crippen molar-refractivity contribution in [2.45, 2.75) is 12.8 Å². The Labute approximate surface area is 168 Å². The smallest absolute Gasteiger partial charge is 0.252 e. The zero-order valence-corrected chi connectivity index (χ0v) is 15.9. The molecule has 29 heavy (non-hydrogen) atoms. The first-order chi connectivity index (χ1) is 14.0. The topological polar surface area (TPSA) is 74.8 Å². The molecule has 2 aromatic heterocycles. The molecule has 0 unspecified atom stereocenters. The SMILES string of the molecule is O=C(Cc1cc2ccccc2[nH]c1=O)Nc1ncc(Cc2ccc(F)c(F)c2)s1. The normalized spacial score (nSPS) is 11.0. The van der Waals surface area contributed by atoms with Gasteiger partial charge in [-0.15, -0.1) is 11.3 Å². The molecule has 0 aliphatic carbocycles. The molecule has 0 bridgehead atoms. The van der Waals surface area contributed by atoms with Crippen molar-refractivity contribution in [2.75, 3.05) is 5.32 Å². The molecule has 0 saturated carbocycles. The number of H-pyrrole nitrogens is 1. The minimum Gasteiger partial charge on any atom is -0.322 e. The van der Waals surface area contributed by atoms with Gasteiger partial charge >= 0.3 is 0 Å². The van der Waals surface area contributed by atoms with E-state index in [-0.39, 0.29) is 17.9 Å². The van der Waals surface area contributed by atoms with Crippen LogP contribution in [0.25, 0.3) is 10.9 Å². The number of pyridine rings is 1. The predicted molar refractivity (Wildman–Crippen MR) is 108 cm³/mol. The maximum absolute atomic E-state index is 13.3. The van der Waals surface area contributed by atoms with Crippen LogP contribution in [0.15, 0.2) is 59.5 Å². The van der Waals surface area contributed by atoms with Gasteiger partial charge in [0.1, 0.15) is 0 Å². The number of hydrogen-bond acceptors (Lipinski definition) is 4. The van der Waals surface area contributed by atoms with E-state index in [4.69, 9.17) is 0 Å². The summed E-state index contributed by atoms with van der Waals surface area (Å²) in [6.45, 7) is 0. The molecule has 4 rings (SSSR count). The lowest BCUT2D eigenvalue weighted by molar-refractivity contribution is -0.115. The first kappa shape index (κ1) is 18.9. The summed E-state index contributed by atoms with van der Waals surface area (Å²) in [6, 6.07) is 12.8. The summed E-state index contributed by atoms with van der Waals surface area (Å²) in [6.07, 6.45) is 1.86. The van der Waals surface area contributed by atoms with Crippen LogP contribution >= 0.6 is 11.3 Å². The van der Waals surface area contributed by atoms with Gasteiger partial charge in [-0.05, 0) is 35.2 Å². The zero-order valence-electron chi connectivity index (χ0n) is 15.0. The van der Waals surface area contributed by atoms with Gasteiger partial charge in [0.05, 0.1) is 6.42 Å². The maximum Gasteiger partial charge on any atom is 0.252 e. The van der Waals surface area contributed by atoms with Crippen LogP contribution in [0.5, 0.6) is 0 Å². The summed E-state index contributed by atoms with van der Waals surface area (Å²) in [7, 11) is 0. The lowest BCUT2D eigenvalue weighted by Crippen LogP contribution is -2.20. The van der Waals surface area contributed by atoms with E-state index in [9.17, 15) is 18.4 Å². The van der Waals surface area contributed by atoms with Gasteiger partial charge in [0.25, 0.3) is 5.56 Å². The highest BCUT2D eigenvalue weighted by Gasteiger charge is 2.12. The Bertz CT molecular complexity index is 1270. The monoisotopic (exact) mass is 411 g/mol. The Kier molecular flexibility index (Phi) is 5.18. The number of para-hydroxylation sites is 1. The Morgan fingerprint density at radius 2 is 1.93 bits per heavy atom. The fraction of sp³-hybridized carbons (Fsp3) is 0.0952.